The van der Waals surface area contributed by atoms with Crippen molar-refractivity contribution in [3.05, 3.63) is 59.7 Å². The van der Waals surface area contributed by atoms with Gasteiger partial charge in [0, 0.05) is 12.6 Å². The van der Waals surface area contributed by atoms with E-state index in [1.165, 1.54) is 13.2 Å². The van der Waals surface area contributed by atoms with Gasteiger partial charge in [0.05, 0.1) is 28.8 Å². The van der Waals surface area contributed by atoms with Gasteiger partial charge in [0.1, 0.15) is 5.75 Å². The summed E-state index contributed by atoms with van der Waals surface area (Å²) in [5.74, 6) is 0.0790. The van der Waals surface area contributed by atoms with Crippen LogP contribution in [-0.2, 0) is 26.2 Å². The molecule has 3 rings (SSSR count). The van der Waals surface area contributed by atoms with Gasteiger partial charge in [-0.1, -0.05) is 30.3 Å². The fourth-order valence-electron chi connectivity index (χ4n) is 3.70. The van der Waals surface area contributed by atoms with Crippen LogP contribution in [-0.4, -0.2) is 58.7 Å². The Morgan fingerprint density at radius 1 is 1.11 bits per heavy atom. The third-order valence-corrected chi connectivity index (χ3v) is 9.32. The summed E-state index contributed by atoms with van der Waals surface area (Å²) in [7, 11) is -3.96. The van der Waals surface area contributed by atoms with E-state index in [0.717, 1.165) is 5.56 Å². The molecule has 2 aromatic carbocycles. The van der Waals surface area contributed by atoms with Gasteiger partial charge in [-0.2, -0.15) is 0 Å². The third kappa shape index (κ3) is 4.24. The van der Waals surface area contributed by atoms with E-state index in [9.17, 15) is 16.8 Å². The predicted molar refractivity (Wildman–Crippen MR) is 109 cm³/mol. The van der Waals surface area contributed by atoms with Gasteiger partial charge in [-0.15, -0.1) is 0 Å². The fourth-order valence-corrected chi connectivity index (χ4v) is 8.69. The van der Waals surface area contributed by atoms with E-state index in [-0.39, 0.29) is 16.4 Å². The number of ether oxygens (including phenoxy) is 1. The topological polar surface area (TPSA) is 80.8 Å². The van der Waals surface area contributed by atoms with Crippen molar-refractivity contribution in [3.8, 4) is 5.75 Å². The molecule has 1 saturated heterocycles. The monoisotopic (exact) mass is 423 g/mol. The summed E-state index contributed by atoms with van der Waals surface area (Å²) >= 11 is 0. The maximum absolute atomic E-state index is 13.3. The molecule has 1 aliphatic heterocycles. The summed E-state index contributed by atoms with van der Waals surface area (Å²) in [6, 6.07) is 13.6. The van der Waals surface area contributed by atoms with Crippen LogP contribution in [0.5, 0.6) is 5.75 Å². The first kappa shape index (κ1) is 20.8. The normalized spacial score (nSPS) is 21.7. The number of hydrogen-bond donors (Lipinski definition) is 0. The molecule has 1 heterocycles. The number of methoxy groups -OCH3 is 1. The highest BCUT2D eigenvalue weighted by molar-refractivity contribution is 7.96. The van der Waals surface area contributed by atoms with Crippen molar-refractivity contribution >= 4 is 19.7 Å². The molecule has 2 aromatic rings. The van der Waals surface area contributed by atoms with Crippen LogP contribution in [0, 0.1) is 6.92 Å². The Kier molecular flexibility index (Phi) is 5.84. The van der Waals surface area contributed by atoms with E-state index in [4.69, 9.17) is 4.74 Å². The highest BCUT2D eigenvalue weighted by Gasteiger charge is 2.47. The van der Waals surface area contributed by atoms with Gasteiger partial charge >= 0.3 is 0 Å². The SMILES string of the molecule is COc1ccc(S(=O)(=O)[C@H]2CS(=O)(=O)C[C@@H]2N(C)Cc2ccccc2)cc1C. The van der Waals surface area contributed by atoms with Crippen LogP contribution in [0.2, 0.25) is 0 Å². The highest BCUT2D eigenvalue weighted by atomic mass is 32.2. The Balaban J connectivity index is 1.94. The summed E-state index contributed by atoms with van der Waals surface area (Å²) in [6.45, 7) is 2.25. The van der Waals surface area contributed by atoms with Crippen LogP contribution in [0.25, 0.3) is 0 Å². The van der Waals surface area contributed by atoms with Gasteiger partial charge in [-0.05, 0) is 43.3 Å². The molecule has 0 unspecified atom stereocenters. The summed E-state index contributed by atoms with van der Waals surface area (Å²) in [6.07, 6.45) is 0. The first-order valence-electron chi connectivity index (χ1n) is 8.97. The van der Waals surface area contributed by atoms with Gasteiger partial charge in [-0.3, -0.25) is 4.90 Å². The van der Waals surface area contributed by atoms with E-state index in [1.807, 2.05) is 35.2 Å². The molecule has 1 aliphatic rings. The van der Waals surface area contributed by atoms with Gasteiger partial charge in [0.25, 0.3) is 0 Å². The van der Waals surface area contributed by atoms with Crippen LogP contribution in [0.3, 0.4) is 0 Å². The van der Waals surface area contributed by atoms with Crippen molar-refractivity contribution in [2.45, 2.75) is 29.7 Å². The largest absolute Gasteiger partial charge is 0.496 e. The minimum atomic E-state index is -3.82. The van der Waals surface area contributed by atoms with Gasteiger partial charge < -0.3 is 4.74 Å². The molecule has 0 amide bonds. The minimum Gasteiger partial charge on any atom is -0.496 e. The molecule has 0 aliphatic carbocycles. The van der Waals surface area contributed by atoms with Crippen molar-refractivity contribution in [2.24, 2.45) is 0 Å². The second kappa shape index (κ2) is 7.85. The molecule has 0 N–H and O–H groups in total. The smallest absolute Gasteiger partial charge is 0.183 e. The van der Waals surface area contributed by atoms with Crippen LogP contribution in [0.4, 0.5) is 0 Å². The minimum absolute atomic E-state index is 0.131. The van der Waals surface area contributed by atoms with Crippen LogP contribution >= 0.6 is 0 Å². The maximum Gasteiger partial charge on any atom is 0.183 e. The van der Waals surface area contributed by atoms with E-state index < -0.39 is 31.0 Å². The number of benzene rings is 2. The Morgan fingerprint density at radius 2 is 1.79 bits per heavy atom. The zero-order valence-electron chi connectivity index (χ0n) is 16.2. The molecule has 0 saturated carbocycles. The molecule has 28 heavy (non-hydrogen) atoms. The van der Waals surface area contributed by atoms with Crippen LogP contribution in [0.15, 0.2) is 53.4 Å². The molecule has 2 atom stereocenters. The second-order valence-electron chi connectivity index (χ2n) is 7.26. The molecular formula is C20H25NO5S2. The Morgan fingerprint density at radius 3 is 2.39 bits per heavy atom. The molecule has 8 heteroatoms. The van der Waals surface area contributed by atoms with Gasteiger partial charge in [0.2, 0.25) is 0 Å². The Hall–Kier alpha value is -1.90. The first-order chi connectivity index (χ1) is 13.1. The zero-order chi connectivity index (χ0) is 20.5. The molecule has 6 nitrogen and oxygen atoms in total. The molecule has 0 aromatic heterocycles. The van der Waals surface area contributed by atoms with Crippen LogP contribution in [0.1, 0.15) is 11.1 Å². The lowest BCUT2D eigenvalue weighted by Gasteiger charge is -2.28. The third-order valence-electron chi connectivity index (χ3n) is 5.21. The van der Waals surface area contributed by atoms with Gasteiger partial charge in [-0.25, -0.2) is 16.8 Å². The van der Waals surface area contributed by atoms with Crippen LogP contribution < -0.4 is 4.74 Å². The summed E-state index contributed by atoms with van der Waals surface area (Å²) < 4.78 is 56.5. The standard InChI is InChI=1S/C20H25NO5S2/c1-15-11-17(9-10-19(15)26-3)28(24,25)20-14-27(22,23)13-18(20)21(2)12-16-7-5-4-6-8-16/h4-11,18,20H,12-14H2,1-3H3/t18-,20-/m0/s1. The van der Waals surface area contributed by atoms with E-state index in [2.05, 4.69) is 0 Å². The first-order valence-corrected chi connectivity index (χ1v) is 12.3. The zero-order valence-corrected chi connectivity index (χ0v) is 17.8. The average Bonchev–Trinajstić information content (AvgIpc) is 2.99. The van der Waals surface area contributed by atoms with E-state index in [1.54, 1.807) is 26.1 Å². The molecule has 152 valence electrons. The van der Waals surface area contributed by atoms with Gasteiger partial charge in [0.15, 0.2) is 19.7 Å². The second-order valence-corrected chi connectivity index (χ2v) is 11.6. The fraction of sp³-hybridized carbons (Fsp3) is 0.400. The molecule has 0 bridgehead atoms. The Labute approximate surface area is 167 Å². The predicted octanol–water partition coefficient (Wildman–Crippen LogP) is 2.07. The number of nitrogens with zero attached hydrogens (tertiary/aromatic N) is 1. The molecular weight excluding hydrogens is 398 g/mol. The van der Waals surface area contributed by atoms with Crippen molar-refractivity contribution in [2.75, 3.05) is 25.7 Å². The lowest BCUT2D eigenvalue weighted by molar-refractivity contribution is 0.255. The number of hydrogen-bond acceptors (Lipinski definition) is 6. The highest BCUT2D eigenvalue weighted by Crippen LogP contribution is 2.31. The quantitative estimate of drug-likeness (QED) is 0.708. The van der Waals surface area contributed by atoms with Crippen molar-refractivity contribution in [3.63, 3.8) is 0 Å². The summed E-state index contributed by atoms with van der Waals surface area (Å²) in [4.78, 5) is 1.96. The summed E-state index contributed by atoms with van der Waals surface area (Å²) in [5.41, 5.74) is 1.70. The molecule has 1 fully saturated rings. The molecule has 0 radical (unpaired) electrons. The average molecular weight is 424 g/mol. The van der Waals surface area contributed by atoms with E-state index >= 15 is 0 Å². The lowest BCUT2D eigenvalue weighted by atomic mass is 10.1. The maximum atomic E-state index is 13.3. The van der Waals surface area contributed by atoms with E-state index in [0.29, 0.717) is 17.9 Å². The number of sulfone groups is 2. The van der Waals surface area contributed by atoms with Crippen molar-refractivity contribution in [1.82, 2.24) is 4.90 Å². The lowest BCUT2D eigenvalue weighted by Crippen LogP contribution is -2.44. The Bertz CT molecular complexity index is 1050. The number of rotatable bonds is 6. The molecule has 0 spiro atoms. The summed E-state index contributed by atoms with van der Waals surface area (Å²) in [5, 5.41) is -1.00. The number of aryl methyl sites for hydroxylation is 1. The van der Waals surface area contributed by atoms with Crippen molar-refractivity contribution in [1.29, 1.82) is 0 Å². The van der Waals surface area contributed by atoms with Crippen molar-refractivity contribution < 1.29 is 21.6 Å².